The maximum absolute atomic E-state index is 6.59. The highest BCUT2D eigenvalue weighted by atomic mass is 32.1. The predicted octanol–water partition coefficient (Wildman–Crippen LogP) is 14.7. The average Bonchev–Trinajstić information content (AvgIpc) is 3.90. The summed E-state index contributed by atoms with van der Waals surface area (Å²) in [6.45, 7) is 0. The van der Waals surface area contributed by atoms with Gasteiger partial charge in [0.05, 0.1) is 5.69 Å². The van der Waals surface area contributed by atoms with Crippen LogP contribution in [0.15, 0.2) is 185 Å². The number of hydrogen-bond acceptors (Lipinski definition) is 4. The van der Waals surface area contributed by atoms with E-state index in [2.05, 4.69) is 157 Å². The number of para-hydroxylation sites is 3. The SMILES string of the molecule is c1ccc2c(c1)oc1ccc(-c3ccc(N(c4ccc(-c5cccc6sc7ccccc7c56)cc4)c4cccc5c4oc4ccccc45)cc3)cc12. The Morgan fingerprint density at radius 1 is 0.385 bits per heavy atom. The Balaban J connectivity index is 1.05. The van der Waals surface area contributed by atoms with E-state index < -0.39 is 0 Å². The van der Waals surface area contributed by atoms with Gasteiger partial charge in [0, 0.05) is 53.1 Å². The van der Waals surface area contributed by atoms with Crippen LogP contribution in [0.4, 0.5) is 17.1 Å². The van der Waals surface area contributed by atoms with E-state index in [0.29, 0.717) is 0 Å². The number of nitrogens with zero attached hydrogens (tertiary/aromatic N) is 1. The first-order valence-electron chi connectivity index (χ1n) is 17.5. The summed E-state index contributed by atoms with van der Waals surface area (Å²) in [5.74, 6) is 0. The van der Waals surface area contributed by atoms with Crippen molar-refractivity contribution >= 4 is 92.4 Å². The van der Waals surface area contributed by atoms with Gasteiger partial charge in [-0.15, -0.1) is 11.3 Å². The molecule has 0 aliphatic heterocycles. The second kappa shape index (κ2) is 11.5. The fourth-order valence-electron chi connectivity index (χ4n) is 7.85. The van der Waals surface area contributed by atoms with Crippen molar-refractivity contribution in [3.05, 3.63) is 176 Å². The van der Waals surface area contributed by atoms with Crippen LogP contribution in [0.5, 0.6) is 0 Å². The summed E-state index contributed by atoms with van der Waals surface area (Å²) in [6.07, 6.45) is 0. The molecule has 244 valence electrons. The zero-order valence-corrected chi connectivity index (χ0v) is 28.7. The summed E-state index contributed by atoms with van der Waals surface area (Å²) in [5.41, 5.74) is 11.4. The molecule has 0 saturated carbocycles. The molecule has 0 radical (unpaired) electrons. The van der Waals surface area contributed by atoms with Crippen LogP contribution in [0.2, 0.25) is 0 Å². The van der Waals surface area contributed by atoms with Gasteiger partial charge >= 0.3 is 0 Å². The number of thiophene rings is 1. The third-order valence-electron chi connectivity index (χ3n) is 10.3. The molecule has 0 amide bonds. The second-order valence-corrected chi connectivity index (χ2v) is 14.4. The van der Waals surface area contributed by atoms with Gasteiger partial charge in [0.1, 0.15) is 16.7 Å². The third kappa shape index (κ3) is 4.51. The standard InChI is InChI=1S/C48H29NO2S/c1-5-16-43-36(9-1)38-13-7-14-41(48(38)51-43)49(33-24-19-30(20-25-33)32-23-28-44-40(29-32)37-10-2-4-15-42(37)50-44)34-26-21-31(22-27-34)35-12-8-18-46-47(35)39-11-3-6-17-45(39)52-46/h1-29H. The van der Waals surface area contributed by atoms with Crippen molar-refractivity contribution in [3.8, 4) is 22.3 Å². The van der Waals surface area contributed by atoms with E-state index in [9.17, 15) is 0 Å². The van der Waals surface area contributed by atoms with E-state index in [0.717, 1.165) is 72.1 Å². The Morgan fingerprint density at radius 2 is 0.962 bits per heavy atom. The van der Waals surface area contributed by atoms with Gasteiger partial charge in [-0.1, -0.05) is 109 Å². The molecule has 0 aliphatic rings. The van der Waals surface area contributed by atoms with Crippen LogP contribution >= 0.6 is 11.3 Å². The molecule has 0 unspecified atom stereocenters. The van der Waals surface area contributed by atoms with Crippen molar-refractivity contribution < 1.29 is 8.83 Å². The van der Waals surface area contributed by atoms with Crippen LogP contribution in [-0.2, 0) is 0 Å². The lowest BCUT2D eigenvalue weighted by molar-refractivity contribution is 0.668. The first-order chi connectivity index (χ1) is 25.8. The Labute approximate surface area is 303 Å². The van der Waals surface area contributed by atoms with Crippen molar-refractivity contribution in [2.75, 3.05) is 4.90 Å². The summed E-state index contributed by atoms with van der Waals surface area (Å²) < 4.78 is 15.3. The number of furan rings is 2. The minimum atomic E-state index is 0.864. The van der Waals surface area contributed by atoms with E-state index in [1.54, 1.807) is 0 Å². The quantitative estimate of drug-likeness (QED) is 0.181. The molecule has 0 bridgehead atoms. The van der Waals surface area contributed by atoms with Gasteiger partial charge in [-0.25, -0.2) is 0 Å². The molecule has 4 heteroatoms. The lowest BCUT2D eigenvalue weighted by Gasteiger charge is -2.26. The molecule has 3 nitrogen and oxygen atoms in total. The van der Waals surface area contributed by atoms with Gasteiger partial charge in [-0.2, -0.15) is 0 Å². The van der Waals surface area contributed by atoms with Crippen LogP contribution in [-0.4, -0.2) is 0 Å². The smallest absolute Gasteiger partial charge is 0.159 e. The molecule has 0 spiro atoms. The molecule has 11 rings (SSSR count). The highest BCUT2D eigenvalue weighted by molar-refractivity contribution is 7.25. The van der Waals surface area contributed by atoms with Gasteiger partial charge in [0.2, 0.25) is 0 Å². The minimum absolute atomic E-state index is 0.864. The first kappa shape index (κ1) is 29.1. The maximum atomic E-state index is 6.59. The Kier molecular flexibility index (Phi) is 6.42. The molecular weight excluding hydrogens is 655 g/mol. The number of benzene rings is 8. The molecule has 8 aromatic carbocycles. The zero-order chi connectivity index (χ0) is 34.2. The summed E-state index contributed by atoms with van der Waals surface area (Å²) in [6, 6.07) is 62.5. The normalized spacial score (nSPS) is 11.8. The zero-order valence-electron chi connectivity index (χ0n) is 27.9. The summed E-state index contributed by atoms with van der Waals surface area (Å²) in [7, 11) is 0. The van der Waals surface area contributed by atoms with Gasteiger partial charge in [0.15, 0.2) is 5.58 Å². The van der Waals surface area contributed by atoms with Crippen molar-refractivity contribution in [2.24, 2.45) is 0 Å². The van der Waals surface area contributed by atoms with Crippen LogP contribution in [0, 0.1) is 0 Å². The van der Waals surface area contributed by atoms with Gasteiger partial charge in [-0.05, 0) is 89.0 Å². The molecule has 52 heavy (non-hydrogen) atoms. The number of anilines is 3. The van der Waals surface area contributed by atoms with E-state index in [4.69, 9.17) is 8.83 Å². The van der Waals surface area contributed by atoms with Crippen LogP contribution in [0.25, 0.3) is 86.3 Å². The number of hydrogen-bond donors (Lipinski definition) is 0. The number of rotatable bonds is 5. The molecule has 0 atom stereocenters. The fourth-order valence-corrected chi connectivity index (χ4v) is 8.98. The van der Waals surface area contributed by atoms with Crippen molar-refractivity contribution in [1.29, 1.82) is 0 Å². The number of fused-ring (bicyclic) bond motifs is 9. The second-order valence-electron chi connectivity index (χ2n) is 13.3. The monoisotopic (exact) mass is 683 g/mol. The Morgan fingerprint density at radius 3 is 1.75 bits per heavy atom. The fraction of sp³-hybridized carbons (Fsp3) is 0. The minimum Gasteiger partial charge on any atom is -0.456 e. The van der Waals surface area contributed by atoms with Crippen molar-refractivity contribution in [2.45, 2.75) is 0 Å². The molecule has 3 heterocycles. The average molecular weight is 684 g/mol. The van der Waals surface area contributed by atoms with Crippen molar-refractivity contribution in [3.63, 3.8) is 0 Å². The highest BCUT2D eigenvalue weighted by Gasteiger charge is 2.20. The van der Waals surface area contributed by atoms with Gasteiger partial charge < -0.3 is 13.7 Å². The molecule has 0 N–H and O–H groups in total. The Hall–Kier alpha value is -6.62. The van der Waals surface area contributed by atoms with E-state index in [1.807, 2.05) is 35.6 Å². The first-order valence-corrected chi connectivity index (χ1v) is 18.3. The largest absolute Gasteiger partial charge is 0.456 e. The van der Waals surface area contributed by atoms with Crippen LogP contribution in [0.1, 0.15) is 0 Å². The van der Waals surface area contributed by atoms with Crippen LogP contribution in [0.3, 0.4) is 0 Å². The summed E-state index contributed by atoms with van der Waals surface area (Å²) in [5, 5.41) is 7.10. The topological polar surface area (TPSA) is 29.5 Å². The lowest BCUT2D eigenvalue weighted by Crippen LogP contribution is -2.10. The molecular formula is C48H29NO2S. The molecule has 3 aromatic heterocycles. The molecule has 0 aliphatic carbocycles. The van der Waals surface area contributed by atoms with Crippen LogP contribution < -0.4 is 4.90 Å². The molecule has 11 aromatic rings. The predicted molar refractivity (Wildman–Crippen MR) is 219 cm³/mol. The Bertz CT molecular complexity index is 3130. The van der Waals surface area contributed by atoms with Gasteiger partial charge in [0.25, 0.3) is 0 Å². The van der Waals surface area contributed by atoms with E-state index in [1.165, 1.54) is 31.3 Å². The third-order valence-corrected chi connectivity index (χ3v) is 11.4. The van der Waals surface area contributed by atoms with Gasteiger partial charge in [-0.3, -0.25) is 0 Å². The van der Waals surface area contributed by atoms with E-state index in [-0.39, 0.29) is 0 Å². The summed E-state index contributed by atoms with van der Waals surface area (Å²) >= 11 is 1.85. The van der Waals surface area contributed by atoms with E-state index >= 15 is 0 Å². The van der Waals surface area contributed by atoms with Crippen molar-refractivity contribution in [1.82, 2.24) is 0 Å². The lowest BCUT2D eigenvalue weighted by atomic mass is 9.99. The molecule has 0 fully saturated rings. The molecule has 0 saturated heterocycles. The highest BCUT2D eigenvalue weighted by Crippen LogP contribution is 2.44. The summed E-state index contributed by atoms with van der Waals surface area (Å²) in [4.78, 5) is 2.31. The maximum Gasteiger partial charge on any atom is 0.159 e.